The van der Waals surface area contributed by atoms with E-state index in [0.29, 0.717) is 32.8 Å². The Bertz CT molecular complexity index is 813. The summed E-state index contributed by atoms with van der Waals surface area (Å²) in [5.41, 5.74) is -0.234. The molecular formula is C18H23N5O3S. The minimum absolute atomic E-state index is 0.00887. The molecule has 9 heteroatoms. The molecule has 2 aromatic heterocycles. The van der Waals surface area contributed by atoms with Crippen molar-refractivity contribution in [1.82, 2.24) is 25.0 Å². The summed E-state index contributed by atoms with van der Waals surface area (Å²) in [7, 11) is 1.73. The lowest BCUT2D eigenvalue weighted by Crippen LogP contribution is -2.44. The number of likely N-dealkylation sites (tertiary alicyclic amines) is 1. The summed E-state index contributed by atoms with van der Waals surface area (Å²) < 4.78 is 7.04. The third kappa shape index (κ3) is 3.61. The van der Waals surface area contributed by atoms with Gasteiger partial charge in [0.1, 0.15) is 6.33 Å². The maximum absolute atomic E-state index is 13.0. The molecule has 2 aliphatic rings. The van der Waals surface area contributed by atoms with E-state index in [1.807, 2.05) is 17.5 Å². The fourth-order valence-corrected chi connectivity index (χ4v) is 4.70. The van der Waals surface area contributed by atoms with E-state index in [-0.39, 0.29) is 29.0 Å². The molecule has 1 unspecified atom stereocenters. The van der Waals surface area contributed by atoms with Gasteiger partial charge in [-0.25, -0.2) is 4.98 Å². The highest BCUT2D eigenvalue weighted by Crippen LogP contribution is 2.44. The van der Waals surface area contributed by atoms with Crippen LogP contribution in [0.25, 0.3) is 0 Å². The van der Waals surface area contributed by atoms with E-state index in [1.165, 1.54) is 11.0 Å². The summed E-state index contributed by atoms with van der Waals surface area (Å²) in [6, 6.07) is 3.98. The molecule has 2 aromatic rings. The fourth-order valence-electron chi connectivity index (χ4n) is 4.06. The van der Waals surface area contributed by atoms with Gasteiger partial charge in [0, 0.05) is 43.6 Å². The molecule has 1 atom stereocenters. The Balaban J connectivity index is 1.51. The van der Waals surface area contributed by atoms with E-state index in [2.05, 4.69) is 15.4 Å². The van der Waals surface area contributed by atoms with Crippen LogP contribution in [0.5, 0.6) is 0 Å². The highest BCUT2D eigenvalue weighted by atomic mass is 32.1. The van der Waals surface area contributed by atoms with E-state index >= 15 is 0 Å². The van der Waals surface area contributed by atoms with Crippen LogP contribution in [-0.2, 0) is 23.1 Å². The number of hydrogen-bond acceptors (Lipinski definition) is 6. The Hall–Kier alpha value is -2.26. The molecule has 0 radical (unpaired) electrons. The van der Waals surface area contributed by atoms with Crippen LogP contribution < -0.4 is 5.32 Å². The lowest BCUT2D eigenvalue weighted by molar-refractivity contribution is -0.130. The van der Waals surface area contributed by atoms with Crippen LogP contribution >= 0.6 is 11.3 Å². The number of thiophene rings is 1. The zero-order chi connectivity index (χ0) is 18.9. The van der Waals surface area contributed by atoms with Gasteiger partial charge in [0.05, 0.1) is 12.5 Å². The van der Waals surface area contributed by atoms with Crippen LogP contribution in [-0.4, -0.2) is 57.8 Å². The van der Waals surface area contributed by atoms with Crippen molar-refractivity contribution in [3.05, 3.63) is 34.5 Å². The number of amides is 2. The van der Waals surface area contributed by atoms with E-state index < -0.39 is 0 Å². The van der Waals surface area contributed by atoms with Crippen molar-refractivity contribution in [3.63, 3.8) is 0 Å². The highest BCUT2D eigenvalue weighted by molar-refractivity contribution is 7.09. The third-order valence-electron chi connectivity index (χ3n) is 5.55. The lowest BCUT2D eigenvalue weighted by Gasteiger charge is -2.37. The van der Waals surface area contributed by atoms with Gasteiger partial charge < -0.3 is 15.0 Å². The normalized spacial score (nSPS) is 21.5. The van der Waals surface area contributed by atoms with Gasteiger partial charge >= 0.3 is 0 Å². The molecule has 2 fully saturated rings. The number of aromatic nitrogens is 3. The van der Waals surface area contributed by atoms with E-state index in [4.69, 9.17) is 4.74 Å². The first-order chi connectivity index (χ1) is 13.1. The molecule has 0 aliphatic carbocycles. The summed E-state index contributed by atoms with van der Waals surface area (Å²) in [4.78, 5) is 32.7. The monoisotopic (exact) mass is 389 g/mol. The van der Waals surface area contributed by atoms with Gasteiger partial charge in [0.2, 0.25) is 11.7 Å². The Labute approximate surface area is 161 Å². The lowest BCUT2D eigenvalue weighted by atomic mass is 9.72. The Morgan fingerprint density at radius 2 is 2.22 bits per heavy atom. The van der Waals surface area contributed by atoms with Crippen molar-refractivity contribution in [2.45, 2.75) is 19.4 Å². The minimum Gasteiger partial charge on any atom is -0.381 e. The first-order valence-electron chi connectivity index (χ1n) is 9.10. The van der Waals surface area contributed by atoms with Crippen molar-refractivity contribution in [1.29, 1.82) is 0 Å². The van der Waals surface area contributed by atoms with Crippen LogP contribution in [0.4, 0.5) is 0 Å². The molecule has 0 saturated carbocycles. The second kappa shape index (κ2) is 7.40. The smallest absolute Gasteiger partial charge is 0.293 e. The fraction of sp³-hybridized carbons (Fsp3) is 0.556. The van der Waals surface area contributed by atoms with E-state index in [1.54, 1.807) is 23.3 Å². The second-order valence-electron chi connectivity index (χ2n) is 7.25. The average molecular weight is 389 g/mol. The van der Waals surface area contributed by atoms with Gasteiger partial charge in [-0.3, -0.25) is 14.3 Å². The Kier molecular flexibility index (Phi) is 4.96. The first kappa shape index (κ1) is 18.1. The molecule has 2 amide bonds. The predicted octanol–water partition coefficient (Wildman–Crippen LogP) is 1.06. The largest absolute Gasteiger partial charge is 0.381 e. The molecule has 0 aromatic carbocycles. The highest BCUT2D eigenvalue weighted by Gasteiger charge is 2.52. The number of rotatable bonds is 4. The van der Waals surface area contributed by atoms with Gasteiger partial charge in [0.25, 0.3) is 5.91 Å². The number of aryl methyl sites for hydroxylation is 1. The molecule has 4 heterocycles. The topological polar surface area (TPSA) is 89.4 Å². The van der Waals surface area contributed by atoms with Crippen molar-refractivity contribution in [2.24, 2.45) is 18.4 Å². The average Bonchev–Trinajstić information content (AvgIpc) is 3.40. The SMILES string of the molecule is Cn1cnc(C(=O)N2CC(C(=O)NCc3cccs3)C3(CCOCC3)C2)n1. The van der Waals surface area contributed by atoms with Crippen LogP contribution in [0.2, 0.25) is 0 Å². The molecule has 144 valence electrons. The van der Waals surface area contributed by atoms with Crippen molar-refractivity contribution < 1.29 is 14.3 Å². The first-order valence-corrected chi connectivity index (χ1v) is 9.98. The molecule has 8 nitrogen and oxygen atoms in total. The molecule has 4 rings (SSSR count). The number of nitrogens with zero attached hydrogens (tertiary/aromatic N) is 4. The van der Waals surface area contributed by atoms with Gasteiger partial charge in [0.15, 0.2) is 0 Å². The summed E-state index contributed by atoms with van der Waals surface area (Å²) in [6.45, 7) is 2.71. The second-order valence-corrected chi connectivity index (χ2v) is 8.28. The number of ether oxygens (including phenoxy) is 1. The van der Waals surface area contributed by atoms with Gasteiger partial charge in [-0.1, -0.05) is 6.07 Å². The minimum atomic E-state index is -0.242. The van der Waals surface area contributed by atoms with Crippen molar-refractivity contribution in [2.75, 3.05) is 26.3 Å². The van der Waals surface area contributed by atoms with Crippen LogP contribution in [0.3, 0.4) is 0 Å². The van der Waals surface area contributed by atoms with Gasteiger partial charge in [-0.15, -0.1) is 16.4 Å². The van der Waals surface area contributed by atoms with Gasteiger partial charge in [-0.2, -0.15) is 0 Å². The van der Waals surface area contributed by atoms with Crippen molar-refractivity contribution >= 4 is 23.2 Å². The van der Waals surface area contributed by atoms with Crippen molar-refractivity contribution in [3.8, 4) is 0 Å². The molecule has 1 spiro atoms. The number of hydrogen-bond donors (Lipinski definition) is 1. The Morgan fingerprint density at radius 3 is 2.89 bits per heavy atom. The van der Waals surface area contributed by atoms with E-state index in [9.17, 15) is 9.59 Å². The third-order valence-corrected chi connectivity index (χ3v) is 6.42. The van der Waals surface area contributed by atoms with Crippen LogP contribution in [0.1, 0.15) is 28.3 Å². The molecule has 1 N–H and O–H groups in total. The molecule has 27 heavy (non-hydrogen) atoms. The molecule has 2 saturated heterocycles. The van der Waals surface area contributed by atoms with E-state index in [0.717, 1.165) is 17.7 Å². The Morgan fingerprint density at radius 1 is 1.41 bits per heavy atom. The summed E-state index contributed by atoms with van der Waals surface area (Å²) >= 11 is 1.62. The predicted molar refractivity (Wildman–Crippen MR) is 99.0 cm³/mol. The maximum atomic E-state index is 13.0. The summed E-state index contributed by atoms with van der Waals surface area (Å²) in [5, 5.41) is 9.18. The standard InChI is InChI=1S/C18H23N5O3S/c1-22-12-20-15(21-22)17(25)23-10-14(18(11-23)4-6-26-7-5-18)16(24)19-9-13-3-2-8-27-13/h2-3,8,12,14H,4-7,9-11H2,1H3,(H,19,24). The quantitative estimate of drug-likeness (QED) is 0.845. The van der Waals surface area contributed by atoms with Gasteiger partial charge in [-0.05, 0) is 24.3 Å². The summed E-state index contributed by atoms with van der Waals surface area (Å²) in [6.07, 6.45) is 3.08. The number of nitrogens with one attached hydrogen (secondary N) is 1. The van der Waals surface area contributed by atoms with Crippen LogP contribution in [0, 0.1) is 11.3 Å². The van der Waals surface area contributed by atoms with Crippen LogP contribution in [0.15, 0.2) is 23.8 Å². The molecular weight excluding hydrogens is 366 g/mol. The molecule has 0 bridgehead atoms. The zero-order valence-electron chi connectivity index (χ0n) is 15.3. The number of carbonyl (C=O) groups excluding carboxylic acids is 2. The zero-order valence-corrected chi connectivity index (χ0v) is 16.1. The number of carbonyl (C=O) groups is 2. The summed E-state index contributed by atoms with van der Waals surface area (Å²) in [5.74, 6) is -0.266. The molecule has 2 aliphatic heterocycles. The maximum Gasteiger partial charge on any atom is 0.293 e.